The summed E-state index contributed by atoms with van der Waals surface area (Å²) in [6.07, 6.45) is 2.21. The summed E-state index contributed by atoms with van der Waals surface area (Å²) in [4.78, 5) is 11.8. The predicted molar refractivity (Wildman–Crippen MR) is 83.8 cm³/mol. The van der Waals surface area contributed by atoms with Crippen LogP contribution >= 0.6 is 0 Å². The number of hydrogen-bond acceptors (Lipinski definition) is 3. The van der Waals surface area contributed by atoms with Crippen molar-refractivity contribution in [3.8, 4) is 0 Å². The third-order valence-corrected chi connectivity index (χ3v) is 3.01. The van der Waals surface area contributed by atoms with Crippen molar-refractivity contribution in [1.29, 1.82) is 0 Å². The molecule has 1 heterocycles. The average molecular weight is 286 g/mol. The topological polar surface area (TPSA) is 54.3 Å². The molecular formula is C17H22N2O2. The van der Waals surface area contributed by atoms with Crippen molar-refractivity contribution in [1.82, 2.24) is 5.32 Å². The SMILES string of the molecule is CC(C)CC(=O)Nc1cccc(CNCc2ccco2)c1. The largest absolute Gasteiger partial charge is 0.468 e. The van der Waals surface area contributed by atoms with Crippen LogP contribution in [0.15, 0.2) is 47.1 Å². The molecule has 0 aliphatic carbocycles. The first kappa shape index (κ1) is 15.3. The zero-order chi connectivity index (χ0) is 15.1. The van der Waals surface area contributed by atoms with Gasteiger partial charge in [-0.05, 0) is 35.7 Å². The maximum atomic E-state index is 11.8. The molecule has 112 valence electrons. The number of rotatable bonds is 7. The maximum Gasteiger partial charge on any atom is 0.224 e. The number of benzene rings is 1. The highest BCUT2D eigenvalue weighted by molar-refractivity contribution is 5.90. The van der Waals surface area contributed by atoms with Crippen LogP contribution in [0.3, 0.4) is 0 Å². The van der Waals surface area contributed by atoms with Crippen molar-refractivity contribution >= 4 is 11.6 Å². The lowest BCUT2D eigenvalue weighted by Gasteiger charge is -2.09. The predicted octanol–water partition coefficient (Wildman–Crippen LogP) is 3.55. The third kappa shape index (κ3) is 5.44. The zero-order valence-electron chi connectivity index (χ0n) is 12.6. The number of carbonyl (C=O) groups excluding carboxylic acids is 1. The molecule has 0 aliphatic rings. The van der Waals surface area contributed by atoms with Gasteiger partial charge < -0.3 is 15.1 Å². The number of amides is 1. The molecule has 21 heavy (non-hydrogen) atoms. The molecule has 1 amide bonds. The van der Waals surface area contributed by atoms with E-state index in [1.165, 1.54) is 0 Å². The molecule has 0 aliphatic heterocycles. The van der Waals surface area contributed by atoms with E-state index >= 15 is 0 Å². The summed E-state index contributed by atoms with van der Waals surface area (Å²) in [5.41, 5.74) is 1.97. The van der Waals surface area contributed by atoms with Crippen molar-refractivity contribution in [3.63, 3.8) is 0 Å². The fraction of sp³-hybridized carbons (Fsp3) is 0.353. The van der Waals surface area contributed by atoms with Crippen LogP contribution in [0.4, 0.5) is 5.69 Å². The van der Waals surface area contributed by atoms with E-state index in [0.29, 0.717) is 18.9 Å². The Morgan fingerprint density at radius 2 is 2.05 bits per heavy atom. The second kappa shape index (κ2) is 7.64. The minimum absolute atomic E-state index is 0.0608. The molecule has 0 fully saturated rings. The molecule has 0 unspecified atom stereocenters. The minimum Gasteiger partial charge on any atom is -0.468 e. The molecule has 4 nitrogen and oxygen atoms in total. The van der Waals surface area contributed by atoms with Gasteiger partial charge in [0.05, 0.1) is 12.8 Å². The van der Waals surface area contributed by atoms with Crippen molar-refractivity contribution < 1.29 is 9.21 Å². The van der Waals surface area contributed by atoms with E-state index < -0.39 is 0 Å². The molecule has 1 aromatic heterocycles. The van der Waals surface area contributed by atoms with E-state index in [1.807, 2.05) is 50.2 Å². The summed E-state index contributed by atoms with van der Waals surface area (Å²) >= 11 is 0. The van der Waals surface area contributed by atoms with Crippen molar-refractivity contribution in [2.75, 3.05) is 5.32 Å². The Hall–Kier alpha value is -2.07. The van der Waals surface area contributed by atoms with Crippen LogP contribution in [0.1, 0.15) is 31.6 Å². The van der Waals surface area contributed by atoms with Gasteiger partial charge in [-0.3, -0.25) is 4.79 Å². The van der Waals surface area contributed by atoms with Gasteiger partial charge in [0.2, 0.25) is 5.91 Å². The Morgan fingerprint density at radius 1 is 1.19 bits per heavy atom. The molecule has 4 heteroatoms. The lowest BCUT2D eigenvalue weighted by atomic mass is 10.1. The van der Waals surface area contributed by atoms with Gasteiger partial charge in [-0.15, -0.1) is 0 Å². The van der Waals surface area contributed by atoms with E-state index in [-0.39, 0.29) is 5.91 Å². The summed E-state index contributed by atoms with van der Waals surface area (Å²) in [6, 6.07) is 11.7. The van der Waals surface area contributed by atoms with Crippen LogP contribution < -0.4 is 10.6 Å². The summed E-state index contributed by atoms with van der Waals surface area (Å²) in [6.45, 7) is 5.49. The van der Waals surface area contributed by atoms with E-state index in [9.17, 15) is 4.79 Å². The van der Waals surface area contributed by atoms with Gasteiger partial charge in [-0.1, -0.05) is 26.0 Å². The van der Waals surface area contributed by atoms with Gasteiger partial charge in [0.25, 0.3) is 0 Å². The lowest BCUT2D eigenvalue weighted by Crippen LogP contribution is -2.15. The van der Waals surface area contributed by atoms with E-state index in [1.54, 1.807) is 6.26 Å². The summed E-state index contributed by atoms with van der Waals surface area (Å²) in [5, 5.41) is 6.24. The van der Waals surface area contributed by atoms with Gasteiger partial charge in [0, 0.05) is 18.7 Å². The Balaban J connectivity index is 1.84. The summed E-state index contributed by atoms with van der Waals surface area (Å²) < 4.78 is 5.27. The number of anilines is 1. The van der Waals surface area contributed by atoms with E-state index in [2.05, 4.69) is 10.6 Å². The quantitative estimate of drug-likeness (QED) is 0.818. The summed E-state index contributed by atoms with van der Waals surface area (Å²) in [5.74, 6) is 1.34. The Labute approximate surface area is 125 Å². The number of hydrogen-bond donors (Lipinski definition) is 2. The Morgan fingerprint density at radius 3 is 2.76 bits per heavy atom. The highest BCUT2D eigenvalue weighted by Gasteiger charge is 2.05. The fourth-order valence-electron chi connectivity index (χ4n) is 2.09. The van der Waals surface area contributed by atoms with Crippen LogP contribution in [0.2, 0.25) is 0 Å². The molecule has 0 saturated heterocycles. The lowest BCUT2D eigenvalue weighted by molar-refractivity contribution is -0.116. The second-order valence-electron chi connectivity index (χ2n) is 5.53. The monoisotopic (exact) mass is 286 g/mol. The molecule has 0 radical (unpaired) electrons. The standard InChI is InChI=1S/C17H22N2O2/c1-13(2)9-17(20)19-15-6-3-5-14(10-15)11-18-12-16-7-4-8-21-16/h3-8,10,13,18H,9,11-12H2,1-2H3,(H,19,20). The van der Waals surface area contributed by atoms with Crippen LogP contribution in [-0.4, -0.2) is 5.91 Å². The van der Waals surface area contributed by atoms with Crippen molar-refractivity contribution in [3.05, 3.63) is 54.0 Å². The van der Waals surface area contributed by atoms with E-state index in [0.717, 1.165) is 23.6 Å². The van der Waals surface area contributed by atoms with E-state index in [4.69, 9.17) is 4.42 Å². The Kier molecular flexibility index (Phi) is 5.58. The molecule has 1 aromatic carbocycles. The Bertz CT molecular complexity index is 562. The van der Waals surface area contributed by atoms with Gasteiger partial charge in [0.1, 0.15) is 5.76 Å². The number of furan rings is 1. The fourth-order valence-corrected chi connectivity index (χ4v) is 2.09. The maximum absolute atomic E-state index is 11.8. The smallest absolute Gasteiger partial charge is 0.224 e. The molecule has 2 aromatic rings. The van der Waals surface area contributed by atoms with Crippen LogP contribution in [0.5, 0.6) is 0 Å². The van der Waals surface area contributed by atoms with Crippen molar-refractivity contribution in [2.45, 2.75) is 33.4 Å². The normalized spacial score (nSPS) is 10.8. The third-order valence-electron chi connectivity index (χ3n) is 3.01. The molecule has 0 spiro atoms. The first-order valence-electron chi connectivity index (χ1n) is 7.25. The van der Waals surface area contributed by atoms with Crippen LogP contribution in [0.25, 0.3) is 0 Å². The van der Waals surface area contributed by atoms with Crippen LogP contribution in [0, 0.1) is 5.92 Å². The molecule has 2 N–H and O–H groups in total. The first-order chi connectivity index (χ1) is 10.1. The number of carbonyl (C=O) groups is 1. The van der Waals surface area contributed by atoms with Gasteiger partial charge >= 0.3 is 0 Å². The van der Waals surface area contributed by atoms with Gasteiger partial charge in [0.15, 0.2) is 0 Å². The van der Waals surface area contributed by atoms with Crippen molar-refractivity contribution in [2.24, 2.45) is 5.92 Å². The number of nitrogens with one attached hydrogen (secondary N) is 2. The van der Waals surface area contributed by atoms with Gasteiger partial charge in [-0.25, -0.2) is 0 Å². The highest BCUT2D eigenvalue weighted by atomic mass is 16.3. The molecule has 0 bridgehead atoms. The zero-order valence-corrected chi connectivity index (χ0v) is 12.6. The molecule has 0 atom stereocenters. The summed E-state index contributed by atoms with van der Waals surface area (Å²) in [7, 11) is 0. The molecule has 2 rings (SSSR count). The molecule has 0 saturated carbocycles. The van der Waals surface area contributed by atoms with Crippen LogP contribution in [-0.2, 0) is 17.9 Å². The first-order valence-corrected chi connectivity index (χ1v) is 7.25. The second-order valence-corrected chi connectivity index (χ2v) is 5.53. The van der Waals surface area contributed by atoms with Gasteiger partial charge in [-0.2, -0.15) is 0 Å². The highest BCUT2D eigenvalue weighted by Crippen LogP contribution is 2.12. The molecular weight excluding hydrogens is 264 g/mol. The minimum atomic E-state index is 0.0608. The average Bonchev–Trinajstić information content (AvgIpc) is 2.91.